The van der Waals surface area contributed by atoms with Crippen molar-refractivity contribution in [1.82, 2.24) is 30.4 Å². The molecule has 1 amide bonds. The van der Waals surface area contributed by atoms with Crippen LogP contribution in [0.2, 0.25) is 0 Å². The minimum Gasteiger partial charge on any atom is -0.341 e. The van der Waals surface area contributed by atoms with Crippen LogP contribution >= 0.6 is 0 Å². The third-order valence-electron chi connectivity index (χ3n) is 3.70. The molecule has 2 aliphatic rings. The van der Waals surface area contributed by atoms with Gasteiger partial charge in [-0.3, -0.25) is 4.79 Å². The lowest BCUT2D eigenvalue weighted by Gasteiger charge is -2.34. The quantitative estimate of drug-likeness (QED) is 0.704. The van der Waals surface area contributed by atoms with Gasteiger partial charge in [0.25, 0.3) is 0 Å². The normalized spacial score (nSPS) is 28.1. The van der Waals surface area contributed by atoms with Crippen molar-refractivity contribution in [3.8, 4) is 0 Å². The number of fused-ring (bicyclic) bond motifs is 1. The Bertz CT molecular complexity index is 392. The Kier molecular flexibility index (Phi) is 2.76. The number of hydrogen-bond donors (Lipinski definition) is 1. The molecule has 1 aromatic heterocycles. The van der Waals surface area contributed by atoms with Crippen molar-refractivity contribution in [2.75, 3.05) is 19.6 Å². The summed E-state index contributed by atoms with van der Waals surface area (Å²) < 4.78 is 1.47. The molecule has 0 bridgehead atoms. The van der Waals surface area contributed by atoms with E-state index in [2.05, 4.69) is 20.8 Å². The molecule has 2 saturated heterocycles. The van der Waals surface area contributed by atoms with Crippen molar-refractivity contribution in [2.24, 2.45) is 5.92 Å². The van der Waals surface area contributed by atoms with Crippen LogP contribution in [0.3, 0.4) is 0 Å². The van der Waals surface area contributed by atoms with E-state index in [4.69, 9.17) is 0 Å². The van der Waals surface area contributed by atoms with E-state index in [1.807, 2.05) is 4.90 Å². The largest absolute Gasteiger partial charge is 0.341 e. The fraction of sp³-hybridized carbons (Fsp3) is 0.800. The molecule has 2 unspecified atom stereocenters. The highest BCUT2D eigenvalue weighted by Crippen LogP contribution is 2.24. The first-order valence-electron chi connectivity index (χ1n) is 6.05. The Labute approximate surface area is 99.2 Å². The van der Waals surface area contributed by atoms with E-state index in [1.54, 1.807) is 0 Å². The highest BCUT2D eigenvalue weighted by Gasteiger charge is 2.34. The standard InChI is InChI=1S/C10H16N6O/c17-10(6-16-7-12-13-14-16)15-4-2-9-8(5-15)1-3-11-9/h7-9,11H,1-6H2. The maximum Gasteiger partial charge on any atom is 0.244 e. The van der Waals surface area contributed by atoms with Gasteiger partial charge in [-0.1, -0.05) is 0 Å². The summed E-state index contributed by atoms with van der Waals surface area (Å²) in [6.45, 7) is 3.05. The van der Waals surface area contributed by atoms with Crippen molar-refractivity contribution in [3.63, 3.8) is 0 Å². The number of tetrazole rings is 1. The van der Waals surface area contributed by atoms with Gasteiger partial charge in [0.05, 0.1) is 0 Å². The average Bonchev–Trinajstić information content (AvgIpc) is 2.97. The molecule has 92 valence electrons. The molecule has 7 heteroatoms. The number of piperidine rings is 1. The molecule has 0 aromatic carbocycles. The lowest BCUT2D eigenvalue weighted by atomic mass is 9.93. The number of nitrogens with one attached hydrogen (secondary N) is 1. The minimum atomic E-state index is 0.114. The smallest absolute Gasteiger partial charge is 0.244 e. The van der Waals surface area contributed by atoms with E-state index in [0.717, 1.165) is 26.1 Å². The van der Waals surface area contributed by atoms with Gasteiger partial charge in [-0.05, 0) is 35.7 Å². The molecule has 3 rings (SSSR count). The molecule has 2 fully saturated rings. The van der Waals surface area contributed by atoms with Crippen LogP contribution in [0.5, 0.6) is 0 Å². The van der Waals surface area contributed by atoms with Crippen LogP contribution in [0.1, 0.15) is 12.8 Å². The molecule has 7 nitrogen and oxygen atoms in total. The SMILES string of the molecule is O=C(Cn1cnnn1)N1CCC2NCCC2C1. The number of carbonyl (C=O) groups is 1. The van der Waals surface area contributed by atoms with Crippen LogP contribution < -0.4 is 5.32 Å². The molecule has 1 aromatic rings. The number of carbonyl (C=O) groups excluding carboxylic acids is 1. The second-order valence-corrected chi connectivity index (χ2v) is 4.75. The summed E-state index contributed by atoms with van der Waals surface area (Å²) in [7, 11) is 0. The van der Waals surface area contributed by atoms with Crippen molar-refractivity contribution in [2.45, 2.75) is 25.4 Å². The fourth-order valence-corrected chi connectivity index (χ4v) is 2.77. The van der Waals surface area contributed by atoms with Gasteiger partial charge in [-0.25, -0.2) is 4.68 Å². The zero-order chi connectivity index (χ0) is 11.7. The molecule has 0 aliphatic carbocycles. The van der Waals surface area contributed by atoms with Crippen LogP contribution in [0.25, 0.3) is 0 Å². The van der Waals surface area contributed by atoms with Crippen LogP contribution in [-0.2, 0) is 11.3 Å². The molecular formula is C10H16N6O. The van der Waals surface area contributed by atoms with Gasteiger partial charge >= 0.3 is 0 Å². The molecule has 0 saturated carbocycles. The first kappa shape index (κ1) is 10.6. The summed E-state index contributed by atoms with van der Waals surface area (Å²) >= 11 is 0. The number of hydrogen-bond acceptors (Lipinski definition) is 5. The fourth-order valence-electron chi connectivity index (χ4n) is 2.77. The number of aromatic nitrogens is 4. The average molecular weight is 236 g/mol. The van der Waals surface area contributed by atoms with Crippen LogP contribution in [0.15, 0.2) is 6.33 Å². The summed E-state index contributed by atoms with van der Waals surface area (Å²) in [5.41, 5.74) is 0. The predicted molar refractivity (Wildman–Crippen MR) is 58.9 cm³/mol. The van der Waals surface area contributed by atoms with Gasteiger partial charge in [0.15, 0.2) is 0 Å². The van der Waals surface area contributed by atoms with Crippen molar-refractivity contribution < 1.29 is 4.79 Å². The Morgan fingerprint density at radius 3 is 3.24 bits per heavy atom. The third kappa shape index (κ3) is 2.14. The highest BCUT2D eigenvalue weighted by atomic mass is 16.2. The van der Waals surface area contributed by atoms with Crippen LogP contribution in [0, 0.1) is 5.92 Å². The van der Waals surface area contributed by atoms with E-state index >= 15 is 0 Å². The molecule has 2 atom stereocenters. The molecule has 3 heterocycles. The number of likely N-dealkylation sites (tertiary alicyclic amines) is 1. The molecule has 1 N–H and O–H groups in total. The van der Waals surface area contributed by atoms with Gasteiger partial charge in [-0.15, -0.1) is 5.10 Å². The van der Waals surface area contributed by atoms with Gasteiger partial charge in [-0.2, -0.15) is 0 Å². The predicted octanol–water partition coefficient (Wildman–Crippen LogP) is -1.12. The van der Waals surface area contributed by atoms with Crippen molar-refractivity contribution >= 4 is 5.91 Å². The summed E-state index contributed by atoms with van der Waals surface area (Å²) in [6.07, 6.45) is 3.72. The van der Waals surface area contributed by atoms with E-state index in [-0.39, 0.29) is 12.5 Å². The van der Waals surface area contributed by atoms with E-state index in [1.165, 1.54) is 17.4 Å². The zero-order valence-corrected chi connectivity index (χ0v) is 9.62. The van der Waals surface area contributed by atoms with Gasteiger partial charge in [0.1, 0.15) is 12.9 Å². The highest BCUT2D eigenvalue weighted by molar-refractivity contribution is 5.76. The number of rotatable bonds is 2. The Morgan fingerprint density at radius 1 is 1.47 bits per heavy atom. The van der Waals surface area contributed by atoms with Crippen molar-refractivity contribution in [3.05, 3.63) is 6.33 Å². The first-order chi connectivity index (χ1) is 8.33. The monoisotopic (exact) mass is 236 g/mol. The zero-order valence-electron chi connectivity index (χ0n) is 9.62. The summed E-state index contributed by atoms with van der Waals surface area (Å²) in [5, 5.41) is 14.3. The summed E-state index contributed by atoms with van der Waals surface area (Å²) in [4.78, 5) is 14.0. The maximum atomic E-state index is 12.0. The topological polar surface area (TPSA) is 75.9 Å². The summed E-state index contributed by atoms with van der Waals surface area (Å²) in [5.74, 6) is 0.740. The number of nitrogens with zero attached hydrogens (tertiary/aromatic N) is 5. The Balaban J connectivity index is 1.59. The molecular weight excluding hydrogens is 220 g/mol. The number of amides is 1. The third-order valence-corrected chi connectivity index (χ3v) is 3.70. The second kappa shape index (κ2) is 4.40. The first-order valence-corrected chi connectivity index (χ1v) is 6.05. The van der Waals surface area contributed by atoms with E-state index in [9.17, 15) is 4.79 Å². The second-order valence-electron chi connectivity index (χ2n) is 4.75. The van der Waals surface area contributed by atoms with E-state index < -0.39 is 0 Å². The van der Waals surface area contributed by atoms with Gasteiger partial charge in [0, 0.05) is 19.1 Å². The van der Waals surface area contributed by atoms with E-state index in [0.29, 0.717) is 12.0 Å². The lowest BCUT2D eigenvalue weighted by Crippen LogP contribution is -2.47. The molecule has 17 heavy (non-hydrogen) atoms. The van der Waals surface area contributed by atoms with Crippen molar-refractivity contribution in [1.29, 1.82) is 0 Å². The molecule has 0 spiro atoms. The van der Waals surface area contributed by atoms with Crippen LogP contribution in [-0.4, -0.2) is 56.7 Å². The maximum absolute atomic E-state index is 12.0. The van der Waals surface area contributed by atoms with Crippen LogP contribution in [0.4, 0.5) is 0 Å². The summed E-state index contributed by atoms with van der Waals surface area (Å²) in [6, 6.07) is 0.618. The minimum absolute atomic E-state index is 0.114. The Hall–Kier alpha value is -1.50. The molecule has 2 aliphatic heterocycles. The molecule has 0 radical (unpaired) electrons. The Morgan fingerprint density at radius 2 is 2.41 bits per heavy atom. The van der Waals surface area contributed by atoms with Gasteiger partial charge < -0.3 is 10.2 Å². The lowest BCUT2D eigenvalue weighted by molar-refractivity contribution is -0.134. The van der Waals surface area contributed by atoms with Gasteiger partial charge in [0.2, 0.25) is 5.91 Å².